The molecule has 1 unspecified atom stereocenters. The molecule has 5 heteroatoms. The molecular weight excluding hydrogens is 276 g/mol. The minimum absolute atomic E-state index is 0.000474. The van der Waals surface area contributed by atoms with Crippen molar-refractivity contribution in [3.05, 3.63) is 60.2 Å². The maximum atomic E-state index is 11.9. The van der Waals surface area contributed by atoms with E-state index >= 15 is 0 Å². The van der Waals surface area contributed by atoms with Crippen molar-refractivity contribution in [3.63, 3.8) is 0 Å². The molecule has 0 aliphatic carbocycles. The highest BCUT2D eigenvalue weighted by Gasteiger charge is 2.17. The van der Waals surface area contributed by atoms with E-state index in [9.17, 15) is 4.79 Å². The molecule has 0 aliphatic rings. The van der Waals surface area contributed by atoms with Crippen molar-refractivity contribution in [1.82, 2.24) is 20.3 Å². The van der Waals surface area contributed by atoms with E-state index < -0.39 is 0 Å². The summed E-state index contributed by atoms with van der Waals surface area (Å²) in [6.07, 6.45) is 0.861. The van der Waals surface area contributed by atoms with Gasteiger partial charge < -0.3 is 5.32 Å². The third-order valence-corrected chi connectivity index (χ3v) is 3.59. The number of carbonyl (C=O) groups excluding carboxylic acids is 1. The van der Waals surface area contributed by atoms with Gasteiger partial charge in [-0.25, -0.2) is 4.68 Å². The van der Waals surface area contributed by atoms with Crippen LogP contribution in [0.5, 0.6) is 0 Å². The number of para-hydroxylation sites is 1. The second-order valence-corrected chi connectivity index (χ2v) is 5.15. The first-order valence-corrected chi connectivity index (χ1v) is 7.41. The molecule has 1 atom stereocenters. The summed E-state index contributed by atoms with van der Waals surface area (Å²) in [5.74, 6) is 0.000474. The van der Waals surface area contributed by atoms with Crippen LogP contribution in [0.3, 0.4) is 0 Å². The Morgan fingerprint density at radius 1 is 1.14 bits per heavy atom. The Morgan fingerprint density at radius 3 is 2.64 bits per heavy atom. The molecule has 1 N–H and O–H groups in total. The minimum atomic E-state index is -0.248. The zero-order chi connectivity index (χ0) is 15.4. The summed E-state index contributed by atoms with van der Waals surface area (Å²) in [4.78, 5) is 11.9. The van der Waals surface area contributed by atoms with Gasteiger partial charge in [0.1, 0.15) is 11.7 Å². The highest BCUT2D eigenvalue weighted by atomic mass is 16.1. The maximum absolute atomic E-state index is 11.9. The SMILES string of the molecule is CCC(=O)NC(Cc1ccccc1)n1nnc2ccccc21. The van der Waals surface area contributed by atoms with Crippen molar-refractivity contribution in [2.45, 2.75) is 25.9 Å². The van der Waals surface area contributed by atoms with Crippen molar-refractivity contribution >= 4 is 16.9 Å². The fourth-order valence-electron chi connectivity index (χ4n) is 2.44. The van der Waals surface area contributed by atoms with Gasteiger partial charge in [-0.3, -0.25) is 4.79 Å². The van der Waals surface area contributed by atoms with Crippen LogP contribution < -0.4 is 5.32 Å². The first-order valence-electron chi connectivity index (χ1n) is 7.41. The van der Waals surface area contributed by atoms with Crippen LogP contribution in [0.25, 0.3) is 11.0 Å². The Kier molecular flexibility index (Phi) is 4.14. The number of fused-ring (bicyclic) bond motifs is 1. The largest absolute Gasteiger partial charge is 0.334 e. The zero-order valence-corrected chi connectivity index (χ0v) is 12.4. The van der Waals surface area contributed by atoms with Crippen LogP contribution in [0.1, 0.15) is 25.1 Å². The van der Waals surface area contributed by atoms with Gasteiger partial charge in [0.15, 0.2) is 0 Å². The number of hydrogen-bond donors (Lipinski definition) is 1. The van der Waals surface area contributed by atoms with Gasteiger partial charge in [0.2, 0.25) is 5.91 Å². The van der Waals surface area contributed by atoms with Crippen molar-refractivity contribution in [2.24, 2.45) is 0 Å². The van der Waals surface area contributed by atoms with E-state index in [1.807, 2.05) is 61.5 Å². The van der Waals surface area contributed by atoms with E-state index in [2.05, 4.69) is 15.6 Å². The predicted octanol–water partition coefficient (Wildman–Crippen LogP) is 2.70. The third kappa shape index (κ3) is 2.98. The van der Waals surface area contributed by atoms with Gasteiger partial charge in [0, 0.05) is 12.8 Å². The topological polar surface area (TPSA) is 59.8 Å². The van der Waals surface area contributed by atoms with Gasteiger partial charge in [-0.15, -0.1) is 5.10 Å². The quantitative estimate of drug-likeness (QED) is 0.787. The lowest BCUT2D eigenvalue weighted by Gasteiger charge is -2.19. The molecule has 1 heterocycles. The molecule has 5 nitrogen and oxygen atoms in total. The Hall–Kier alpha value is -2.69. The van der Waals surface area contributed by atoms with Gasteiger partial charge in [0.25, 0.3) is 0 Å². The lowest BCUT2D eigenvalue weighted by molar-refractivity contribution is -0.122. The maximum Gasteiger partial charge on any atom is 0.221 e. The molecule has 0 aliphatic heterocycles. The summed E-state index contributed by atoms with van der Waals surface area (Å²) in [6.45, 7) is 1.84. The summed E-state index contributed by atoms with van der Waals surface area (Å²) in [5.41, 5.74) is 2.88. The normalized spacial score (nSPS) is 12.2. The molecule has 1 amide bonds. The number of rotatable bonds is 5. The number of nitrogens with one attached hydrogen (secondary N) is 1. The van der Waals surface area contributed by atoms with Crippen molar-refractivity contribution in [2.75, 3.05) is 0 Å². The summed E-state index contributed by atoms with van der Waals surface area (Å²) in [7, 11) is 0. The van der Waals surface area contributed by atoms with Crippen LogP contribution in [0.4, 0.5) is 0 Å². The van der Waals surface area contributed by atoms with Crippen LogP contribution in [0, 0.1) is 0 Å². The van der Waals surface area contributed by atoms with E-state index in [1.54, 1.807) is 4.68 Å². The molecule has 0 radical (unpaired) electrons. The fourth-order valence-corrected chi connectivity index (χ4v) is 2.44. The molecule has 0 saturated carbocycles. The standard InChI is InChI=1S/C17H18N4O/c1-2-17(22)18-16(12-13-8-4-3-5-9-13)21-15-11-7-6-10-14(15)19-20-21/h3-11,16H,2,12H2,1H3,(H,18,22). The van der Waals surface area contributed by atoms with Crippen LogP contribution in [-0.2, 0) is 11.2 Å². The zero-order valence-electron chi connectivity index (χ0n) is 12.4. The third-order valence-electron chi connectivity index (χ3n) is 3.59. The first-order chi connectivity index (χ1) is 10.8. The van der Waals surface area contributed by atoms with Crippen LogP contribution in [0.15, 0.2) is 54.6 Å². The van der Waals surface area contributed by atoms with Gasteiger partial charge in [0.05, 0.1) is 5.52 Å². The Labute approximate surface area is 129 Å². The van der Waals surface area contributed by atoms with Crippen LogP contribution >= 0.6 is 0 Å². The van der Waals surface area contributed by atoms with Crippen molar-refractivity contribution in [3.8, 4) is 0 Å². The van der Waals surface area contributed by atoms with Gasteiger partial charge >= 0.3 is 0 Å². The lowest BCUT2D eigenvalue weighted by atomic mass is 10.1. The number of benzene rings is 2. The average Bonchev–Trinajstić information content (AvgIpc) is 2.99. The van der Waals surface area contributed by atoms with E-state index in [-0.39, 0.29) is 12.1 Å². The van der Waals surface area contributed by atoms with Gasteiger partial charge in [-0.1, -0.05) is 54.6 Å². The van der Waals surface area contributed by atoms with E-state index in [1.165, 1.54) is 0 Å². The molecule has 2 aromatic carbocycles. The number of nitrogens with zero attached hydrogens (tertiary/aromatic N) is 3. The molecule has 0 spiro atoms. The summed E-state index contributed by atoms with van der Waals surface area (Å²) in [5, 5.41) is 11.4. The molecule has 3 rings (SSSR count). The molecular formula is C17H18N4O. The Morgan fingerprint density at radius 2 is 1.86 bits per heavy atom. The van der Waals surface area contributed by atoms with E-state index in [0.717, 1.165) is 16.6 Å². The number of carbonyl (C=O) groups is 1. The Balaban J connectivity index is 1.95. The molecule has 22 heavy (non-hydrogen) atoms. The Bertz CT molecular complexity index is 766. The summed E-state index contributed by atoms with van der Waals surface area (Å²) in [6, 6.07) is 17.8. The van der Waals surface area contributed by atoms with E-state index in [4.69, 9.17) is 0 Å². The highest BCUT2D eigenvalue weighted by Crippen LogP contribution is 2.17. The van der Waals surface area contributed by atoms with E-state index in [0.29, 0.717) is 12.8 Å². The molecule has 112 valence electrons. The molecule has 1 aromatic heterocycles. The van der Waals surface area contributed by atoms with Crippen molar-refractivity contribution in [1.29, 1.82) is 0 Å². The van der Waals surface area contributed by atoms with Crippen LogP contribution in [0.2, 0.25) is 0 Å². The molecule has 3 aromatic rings. The number of amides is 1. The summed E-state index contributed by atoms with van der Waals surface area (Å²) < 4.78 is 1.79. The minimum Gasteiger partial charge on any atom is -0.334 e. The van der Waals surface area contributed by atoms with Gasteiger partial charge in [-0.2, -0.15) is 0 Å². The van der Waals surface area contributed by atoms with Crippen molar-refractivity contribution < 1.29 is 4.79 Å². The number of aromatic nitrogens is 3. The monoisotopic (exact) mass is 294 g/mol. The smallest absolute Gasteiger partial charge is 0.221 e. The lowest BCUT2D eigenvalue weighted by Crippen LogP contribution is -2.34. The number of hydrogen-bond acceptors (Lipinski definition) is 3. The second kappa shape index (κ2) is 6.39. The first kappa shape index (κ1) is 14.3. The predicted molar refractivity (Wildman–Crippen MR) is 85.1 cm³/mol. The van der Waals surface area contributed by atoms with Gasteiger partial charge in [-0.05, 0) is 17.7 Å². The molecule has 0 bridgehead atoms. The van der Waals surface area contributed by atoms with Crippen LogP contribution in [-0.4, -0.2) is 20.9 Å². The molecule has 0 fully saturated rings. The second-order valence-electron chi connectivity index (χ2n) is 5.15. The molecule has 0 saturated heterocycles. The highest BCUT2D eigenvalue weighted by molar-refractivity contribution is 5.77. The summed E-state index contributed by atoms with van der Waals surface area (Å²) >= 11 is 0. The fraction of sp³-hybridized carbons (Fsp3) is 0.235. The average molecular weight is 294 g/mol.